The normalized spacial score (nSPS) is 38.6. The monoisotopic (exact) mass is 194 g/mol. The van der Waals surface area contributed by atoms with Gasteiger partial charge in [-0.05, 0) is 24.7 Å². The Morgan fingerprint density at radius 3 is 2.64 bits per heavy atom. The van der Waals surface area contributed by atoms with E-state index in [1.165, 1.54) is 0 Å². The minimum atomic E-state index is -0.761. The summed E-state index contributed by atoms with van der Waals surface area (Å²) >= 11 is 0. The summed E-state index contributed by atoms with van der Waals surface area (Å²) in [5, 5.41) is 2.18. The Labute approximate surface area is 82.5 Å². The molecule has 2 rings (SSSR count). The van der Waals surface area contributed by atoms with Gasteiger partial charge in [0.25, 0.3) is 0 Å². The van der Waals surface area contributed by atoms with Gasteiger partial charge in [-0.25, -0.2) is 4.79 Å². The number of hydrogen-bond acceptors (Lipinski definition) is 2. The number of primary amides is 1. The molecule has 3 amide bonds. The maximum absolute atomic E-state index is 11.7. The molecule has 14 heavy (non-hydrogen) atoms. The molecule has 0 heterocycles. The first-order valence-electron chi connectivity index (χ1n) is 4.81. The third-order valence-corrected chi connectivity index (χ3v) is 3.43. The van der Waals surface area contributed by atoms with Crippen LogP contribution in [0.4, 0.5) is 4.79 Å². The topological polar surface area (TPSA) is 72.2 Å². The van der Waals surface area contributed by atoms with Crippen LogP contribution < -0.4 is 11.1 Å². The summed E-state index contributed by atoms with van der Waals surface area (Å²) in [6.45, 7) is 1.90. The molecule has 3 unspecified atom stereocenters. The molecule has 3 N–H and O–H groups in total. The van der Waals surface area contributed by atoms with E-state index in [0.717, 1.165) is 12.8 Å². The van der Waals surface area contributed by atoms with Gasteiger partial charge in [-0.15, -0.1) is 0 Å². The molecule has 0 spiro atoms. The zero-order valence-corrected chi connectivity index (χ0v) is 8.12. The number of nitrogens with one attached hydrogen (secondary N) is 1. The lowest BCUT2D eigenvalue weighted by molar-refractivity contribution is -0.130. The molecule has 2 bridgehead atoms. The summed E-state index contributed by atoms with van der Waals surface area (Å²) in [5.41, 5.74) is 4.49. The minimum absolute atomic E-state index is 0.234. The average molecular weight is 194 g/mol. The van der Waals surface area contributed by atoms with Gasteiger partial charge in [0.2, 0.25) is 5.91 Å². The first-order valence-corrected chi connectivity index (χ1v) is 4.81. The van der Waals surface area contributed by atoms with Crippen LogP contribution in [0.1, 0.15) is 19.8 Å². The van der Waals surface area contributed by atoms with E-state index in [0.29, 0.717) is 5.92 Å². The highest BCUT2D eigenvalue weighted by Crippen LogP contribution is 2.51. The van der Waals surface area contributed by atoms with E-state index in [4.69, 9.17) is 5.73 Å². The largest absolute Gasteiger partial charge is 0.351 e. The van der Waals surface area contributed by atoms with Crippen LogP contribution in [-0.4, -0.2) is 11.9 Å². The Bertz CT molecular complexity index is 324. The summed E-state index contributed by atoms with van der Waals surface area (Å²) in [6, 6.07) is -0.761. The summed E-state index contributed by atoms with van der Waals surface area (Å²) in [7, 11) is 0. The number of allylic oxidation sites excluding steroid dienone is 2. The van der Waals surface area contributed by atoms with E-state index in [9.17, 15) is 9.59 Å². The number of carbonyl (C=O) groups is 2. The molecule has 76 valence electrons. The van der Waals surface area contributed by atoms with E-state index in [1.54, 1.807) is 0 Å². The van der Waals surface area contributed by atoms with E-state index in [-0.39, 0.29) is 11.8 Å². The number of imide groups is 1. The van der Waals surface area contributed by atoms with Crippen molar-refractivity contribution in [2.75, 3.05) is 0 Å². The summed E-state index contributed by atoms with van der Waals surface area (Å²) in [6.07, 6.45) is 6.09. The Balaban J connectivity index is 2.14. The van der Waals surface area contributed by atoms with Crippen LogP contribution in [0.25, 0.3) is 0 Å². The summed E-state index contributed by atoms with van der Waals surface area (Å²) < 4.78 is 0. The van der Waals surface area contributed by atoms with Crippen molar-refractivity contribution < 1.29 is 9.59 Å². The van der Waals surface area contributed by atoms with Gasteiger partial charge in [-0.3, -0.25) is 10.1 Å². The Hall–Kier alpha value is -1.32. The molecule has 4 nitrogen and oxygen atoms in total. The fourth-order valence-corrected chi connectivity index (χ4v) is 2.61. The highest BCUT2D eigenvalue weighted by Gasteiger charge is 2.50. The predicted octanol–water partition coefficient (Wildman–Crippen LogP) is 0.784. The fraction of sp³-hybridized carbons (Fsp3) is 0.600. The third-order valence-electron chi connectivity index (χ3n) is 3.43. The number of rotatable bonds is 1. The van der Waals surface area contributed by atoms with Crippen molar-refractivity contribution in [1.29, 1.82) is 0 Å². The van der Waals surface area contributed by atoms with Crippen LogP contribution in [-0.2, 0) is 4.79 Å². The van der Waals surface area contributed by atoms with Crippen LogP contribution in [0.3, 0.4) is 0 Å². The van der Waals surface area contributed by atoms with Crippen LogP contribution >= 0.6 is 0 Å². The van der Waals surface area contributed by atoms with Gasteiger partial charge in [-0.2, -0.15) is 0 Å². The predicted molar refractivity (Wildman–Crippen MR) is 51.2 cm³/mol. The zero-order valence-electron chi connectivity index (χ0n) is 8.12. The molecule has 0 aromatic heterocycles. The second-order valence-electron chi connectivity index (χ2n) is 4.43. The lowest BCUT2D eigenvalue weighted by Crippen LogP contribution is -2.46. The quantitative estimate of drug-likeness (QED) is 0.605. The summed E-state index contributed by atoms with van der Waals surface area (Å²) in [5.74, 6) is 0.539. The Morgan fingerprint density at radius 1 is 1.50 bits per heavy atom. The lowest BCUT2D eigenvalue weighted by Gasteiger charge is -2.28. The van der Waals surface area contributed by atoms with E-state index < -0.39 is 11.4 Å². The molecule has 0 aromatic rings. The van der Waals surface area contributed by atoms with Crippen LogP contribution in [0.5, 0.6) is 0 Å². The number of nitrogens with two attached hydrogens (primary N) is 1. The Morgan fingerprint density at radius 2 is 2.21 bits per heavy atom. The van der Waals surface area contributed by atoms with Gasteiger partial charge >= 0.3 is 6.03 Å². The van der Waals surface area contributed by atoms with Crippen LogP contribution in [0.15, 0.2) is 12.2 Å². The molecule has 3 atom stereocenters. The van der Waals surface area contributed by atoms with Gasteiger partial charge in [0.1, 0.15) is 0 Å². The van der Waals surface area contributed by atoms with Crippen molar-refractivity contribution in [2.45, 2.75) is 19.8 Å². The van der Waals surface area contributed by atoms with Crippen molar-refractivity contribution >= 4 is 11.9 Å². The van der Waals surface area contributed by atoms with Crippen LogP contribution in [0.2, 0.25) is 0 Å². The standard InChI is InChI=1S/C10H14N2O2/c1-10(8(13)12-9(11)14)5-6-2-3-7(10)4-6/h2-3,6-7H,4-5H2,1H3,(H3,11,12,13,14). The molecule has 4 heteroatoms. The molecule has 1 saturated carbocycles. The highest BCUT2D eigenvalue weighted by atomic mass is 16.2. The van der Waals surface area contributed by atoms with Gasteiger partial charge in [-0.1, -0.05) is 19.1 Å². The minimum Gasteiger partial charge on any atom is -0.351 e. The molecule has 0 aliphatic heterocycles. The van der Waals surface area contributed by atoms with Gasteiger partial charge in [0, 0.05) is 0 Å². The number of urea groups is 1. The molecule has 2 aliphatic rings. The molecular formula is C10H14N2O2. The van der Waals surface area contributed by atoms with Crippen molar-refractivity contribution in [2.24, 2.45) is 23.0 Å². The second kappa shape index (κ2) is 2.83. The van der Waals surface area contributed by atoms with E-state index in [1.807, 2.05) is 6.92 Å². The second-order valence-corrected chi connectivity index (χ2v) is 4.43. The van der Waals surface area contributed by atoms with E-state index >= 15 is 0 Å². The molecule has 0 saturated heterocycles. The first kappa shape index (κ1) is 9.24. The van der Waals surface area contributed by atoms with Gasteiger partial charge < -0.3 is 5.73 Å². The van der Waals surface area contributed by atoms with Gasteiger partial charge in [0.15, 0.2) is 0 Å². The van der Waals surface area contributed by atoms with Crippen molar-refractivity contribution in [3.63, 3.8) is 0 Å². The third kappa shape index (κ3) is 1.22. The van der Waals surface area contributed by atoms with Crippen molar-refractivity contribution in [3.8, 4) is 0 Å². The number of amides is 3. The maximum Gasteiger partial charge on any atom is 0.318 e. The smallest absolute Gasteiger partial charge is 0.318 e. The number of carbonyl (C=O) groups excluding carboxylic acids is 2. The fourth-order valence-electron chi connectivity index (χ4n) is 2.61. The van der Waals surface area contributed by atoms with Crippen molar-refractivity contribution in [1.82, 2.24) is 5.32 Å². The Kier molecular flexibility index (Phi) is 1.87. The van der Waals surface area contributed by atoms with Crippen LogP contribution in [0, 0.1) is 17.3 Å². The lowest BCUT2D eigenvalue weighted by atomic mass is 9.77. The molecule has 2 aliphatic carbocycles. The summed E-state index contributed by atoms with van der Waals surface area (Å²) in [4.78, 5) is 22.3. The number of fused-ring (bicyclic) bond motifs is 2. The molecule has 1 fully saturated rings. The van der Waals surface area contributed by atoms with Crippen molar-refractivity contribution in [3.05, 3.63) is 12.2 Å². The maximum atomic E-state index is 11.7. The van der Waals surface area contributed by atoms with Gasteiger partial charge in [0.05, 0.1) is 5.41 Å². The molecule has 0 aromatic carbocycles. The zero-order chi connectivity index (χ0) is 10.3. The first-order chi connectivity index (χ1) is 6.52. The molecular weight excluding hydrogens is 180 g/mol. The van der Waals surface area contributed by atoms with E-state index in [2.05, 4.69) is 17.5 Å². The SMILES string of the molecule is CC1(C(=O)NC(N)=O)CC2C=CC1C2. The average Bonchev–Trinajstić information content (AvgIpc) is 2.62. The molecule has 0 radical (unpaired) electrons. The number of hydrogen-bond donors (Lipinski definition) is 2. The highest BCUT2D eigenvalue weighted by molar-refractivity contribution is 5.97.